The Morgan fingerprint density at radius 2 is 2.50 bits per heavy atom. The van der Waals surface area contributed by atoms with Crippen LogP contribution in [0.1, 0.15) is 4.88 Å². The molecular weight excluding hydrogens is 168 g/mol. The van der Waals surface area contributed by atoms with Crippen LogP contribution in [0.25, 0.3) is 0 Å². The summed E-state index contributed by atoms with van der Waals surface area (Å²) < 4.78 is 0. The van der Waals surface area contributed by atoms with Crippen LogP contribution >= 0.6 is 22.9 Å². The molecule has 0 unspecified atom stereocenters. The minimum Gasteiger partial charge on any atom is -0.392 e. The first-order valence-electron chi connectivity index (χ1n) is 3.09. The van der Waals surface area contributed by atoms with Crippen LogP contribution in [0.3, 0.4) is 0 Å². The molecule has 1 rings (SSSR count). The molecule has 0 aliphatic carbocycles. The van der Waals surface area contributed by atoms with Gasteiger partial charge in [-0.3, -0.25) is 0 Å². The van der Waals surface area contributed by atoms with Gasteiger partial charge < -0.3 is 5.11 Å². The van der Waals surface area contributed by atoms with Gasteiger partial charge in [0.05, 0.1) is 6.10 Å². The maximum Gasteiger partial charge on any atom is 0.0723 e. The van der Waals surface area contributed by atoms with Gasteiger partial charge in [-0.25, -0.2) is 0 Å². The van der Waals surface area contributed by atoms with Crippen molar-refractivity contribution in [1.82, 2.24) is 0 Å². The summed E-state index contributed by atoms with van der Waals surface area (Å²) in [6.45, 7) is 0. The summed E-state index contributed by atoms with van der Waals surface area (Å²) in [6.07, 6.45) is 0.293. The van der Waals surface area contributed by atoms with Crippen molar-refractivity contribution in [2.24, 2.45) is 0 Å². The number of thiophene rings is 1. The lowest BCUT2D eigenvalue weighted by Gasteiger charge is -2.02. The third-order valence-electron chi connectivity index (χ3n) is 1.20. The number of aliphatic hydroxyl groups is 1. The first-order chi connectivity index (χ1) is 4.83. The molecule has 0 saturated carbocycles. The SMILES string of the molecule is O[C@@H](CCl)Cc1cccs1. The fraction of sp³-hybridized carbons (Fsp3) is 0.429. The Balaban J connectivity index is 2.40. The predicted octanol–water partition coefficient (Wildman–Crippen LogP) is 1.89. The topological polar surface area (TPSA) is 20.2 Å². The number of halogens is 1. The van der Waals surface area contributed by atoms with E-state index in [1.807, 2.05) is 17.5 Å². The van der Waals surface area contributed by atoms with Crippen LogP contribution in [0.4, 0.5) is 0 Å². The molecule has 0 bridgehead atoms. The second kappa shape index (κ2) is 3.96. The van der Waals surface area contributed by atoms with E-state index < -0.39 is 0 Å². The van der Waals surface area contributed by atoms with Gasteiger partial charge in [0, 0.05) is 17.2 Å². The maximum absolute atomic E-state index is 9.10. The monoisotopic (exact) mass is 176 g/mol. The third kappa shape index (κ3) is 2.29. The fourth-order valence-corrected chi connectivity index (χ4v) is 1.60. The van der Waals surface area contributed by atoms with E-state index >= 15 is 0 Å². The summed E-state index contributed by atoms with van der Waals surface area (Å²) in [4.78, 5) is 1.19. The Morgan fingerprint density at radius 3 is 3.00 bits per heavy atom. The summed E-state index contributed by atoms with van der Waals surface area (Å²) in [5.74, 6) is 0.317. The van der Waals surface area contributed by atoms with Gasteiger partial charge in [-0.15, -0.1) is 22.9 Å². The minimum atomic E-state index is -0.389. The molecule has 0 amide bonds. The van der Waals surface area contributed by atoms with E-state index in [1.54, 1.807) is 11.3 Å². The van der Waals surface area contributed by atoms with E-state index in [-0.39, 0.29) is 6.10 Å². The Kier molecular flexibility index (Phi) is 3.19. The van der Waals surface area contributed by atoms with Gasteiger partial charge in [0.1, 0.15) is 0 Å². The molecule has 0 fully saturated rings. The smallest absolute Gasteiger partial charge is 0.0723 e. The summed E-state index contributed by atoms with van der Waals surface area (Å²) in [5.41, 5.74) is 0. The number of hydrogen-bond acceptors (Lipinski definition) is 2. The lowest BCUT2D eigenvalue weighted by atomic mass is 10.2. The molecule has 1 heterocycles. The molecule has 1 atom stereocenters. The minimum absolute atomic E-state index is 0.317. The van der Waals surface area contributed by atoms with Gasteiger partial charge >= 0.3 is 0 Å². The van der Waals surface area contributed by atoms with Gasteiger partial charge in [0.25, 0.3) is 0 Å². The van der Waals surface area contributed by atoms with Crippen LogP contribution in [0.5, 0.6) is 0 Å². The largest absolute Gasteiger partial charge is 0.392 e. The molecule has 56 valence electrons. The quantitative estimate of drug-likeness (QED) is 0.698. The van der Waals surface area contributed by atoms with Crippen LogP contribution in [-0.4, -0.2) is 17.1 Å². The van der Waals surface area contributed by atoms with Gasteiger partial charge in [0.2, 0.25) is 0 Å². The molecule has 0 aliphatic rings. The molecule has 3 heteroatoms. The van der Waals surface area contributed by atoms with E-state index in [0.717, 1.165) is 0 Å². The summed E-state index contributed by atoms with van der Waals surface area (Å²) in [5, 5.41) is 11.1. The summed E-state index contributed by atoms with van der Waals surface area (Å²) in [6, 6.07) is 3.97. The zero-order chi connectivity index (χ0) is 7.40. The Morgan fingerprint density at radius 1 is 1.70 bits per heavy atom. The Labute approximate surface area is 69.3 Å². The van der Waals surface area contributed by atoms with E-state index in [9.17, 15) is 0 Å². The van der Waals surface area contributed by atoms with Crippen molar-refractivity contribution in [2.75, 3.05) is 5.88 Å². The molecule has 1 nitrogen and oxygen atoms in total. The summed E-state index contributed by atoms with van der Waals surface area (Å²) >= 11 is 7.07. The second-order valence-electron chi connectivity index (χ2n) is 2.09. The van der Waals surface area contributed by atoms with Crippen molar-refractivity contribution in [2.45, 2.75) is 12.5 Å². The van der Waals surface area contributed by atoms with Gasteiger partial charge in [-0.05, 0) is 11.4 Å². The van der Waals surface area contributed by atoms with Gasteiger partial charge in [-0.1, -0.05) is 6.07 Å². The average Bonchev–Trinajstić information content (AvgIpc) is 2.40. The van der Waals surface area contributed by atoms with E-state index in [4.69, 9.17) is 16.7 Å². The predicted molar refractivity (Wildman–Crippen MR) is 44.7 cm³/mol. The number of rotatable bonds is 3. The van der Waals surface area contributed by atoms with Crippen LogP contribution in [-0.2, 0) is 6.42 Å². The van der Waals surface area contributed by atoms with Crippen molar-refractivity contribution in [3.05, 3.63) is 22.4 Å². The molecule has 10 heavy (non-hydrogen) atoms. The van der Waals surface area contributed by atoms with Gasteiger partial charge in [0.15, 0.2) is 0 Å². The molecule has 0 radical (unpaired) electrons. The zero-order valence-electron chi connectivity index (χ0n) is 5.46. The normalized spacial score (nSPS) is 13.4. The van der Waals surface area contributed by atoms with Crippen molar-refractivity contribution in [3.8, 4) is 0 Å². The highest BCUT2D eigenvalue weighted by Gasteiger charge is 2.02. The van der Waals surface area contributed by atoms with Crippen LogP contribution in [0.2, 0.25) is 0 Å². The second-order valence-corrected chi connectivity index (χ2v) is 3.43. The average molecular weight is 177 g/mol. The van der Waals surface area contributed by atoms with Crippen molar-refractivity contribution < 1.29 is 5.11 Å². The van der Waals surface area contributed by atoms with Crippen molar-refractivity contribution >= 4 is 22.9 Å². The Hall–Kier alpha value is -0.0500. The maximum atomic E-state index is 9.10. The number of hydrogen-bond donors (Lipinski definition) is 1. The first kappa shape index (κ1) is 8.05. The van der Waals surface area contributed by atoms with E-state index in [0.29, 0.717) is 12.3 Å². The molecule has 1 aromatic rings. The number of aliphatic hydroxyl groups excluding tert-OH is 1. The zero-order valence-corrected chi connectivity index (χ0v) is 7.03. The highest BCUT2D eigenvalue weighted by Crippen LogP contribution is 2.11. The highest BCUT2D eigenvalue weighted by molar-refractivity contribution is 7.09. The lowest BCUT2D eigenvalue weighted by molar-refractivity contribution is 0.199. The Bertz CT molecular complexity index is 174. The van der Waals surface area contributed by atoms with Crippen molar-refractivity contribution in [1.29, 1.82) is 0 Å². The highest BCUT2D eigenvalue weighted by atomic mass is 35.5. The molecule has 0 saturated heterocycles. The van der Waals surface area contributed by atoms with Crippen LogP contribution in [0, 0.1) is 0 Å². The standard InChI is InChI=1S/C7H9ClOS/c8-5-6(9)4-7-2-1-3-10-7/h1-3,6,9H,4-5H2/t6-/m1/s1. The van der Waals surface area contributed by atoms with Crippen LogP contribution < -0.4 is 0 Å². The van der Waals surface area contributed by atoms with Crippen LogP contribution in [0.15, 0.2) is 17.5 Å². The number of alkyl halides is 1. The summed E-state index contributed by atoms with van der Waals surface area (Å²) in [7, 11) is 0. The van der Waals surface area contributed by atoms with Crippen molar-refractivity contribution in [3.63, 3.8) is 0 Å². The lowest BCUT2D eigenvalue weighted by Crippen LogP contribution is -2.10. The molecule has 0 aliphatic heterocycles. The molecular formula is C7H9ClOS. The third-order valence-corrected chi connectivity index (χ3v) is 2.45. The molecule has 0 spiro atoms. The van der Waals surface area contributed by atoms with E-state index in [1.165, 1.54) is 4.88 Å². The van der Waals surface area contributed by atoms with E-state index in [2.05, 4.69) is 0 Å². The van der Waals surface area contributed by atoms with Gasteiger partial charge in [-0.2, -0.15) is 0 Å². The first-order valence-corrected chi connectivity index (χ1v) is 4.50. The molecule has 0 aromatic carbocycles. The fourth-order valence-electron chi connectivity index (χ4n) is 0.716. The molecule has 1 N–H and O–H groups in total. The molecule has 1 aromatic heterocycles.